The third-order valence-corrected chi connectivity index (χ3v) is 3.22. The number of aliphatic carboxylic acids is 1. The van der Waals surface area contributed by atoms with Crippen molar-refractivity contribution in [2.75, 3.05) is 13.7 Å². The Morgan fingerprint density at radius 2 is 1.86 bits per heavy atom. The Morgan fingerprint density at radius 3 is 2.23 bits per heavy atom. The predicted octanol–water partition coefficient (Wildman–Crippen LogP) is 2.75. The Morgan fingerprint density at radius 1 is 1.27 bits per heavy atom. The van der Waals surface area contributed by atoms with E-state index in [9.17, 15) is 9.90 Å². The molecule has 0 aromatic heterocycles. The number of benzene rings is 1. The van der Waals surface area contributed by atoms with Crippen LogP contribution in [0.4, 0.5) is 0 Å². The third-order valence-electron chi connectivity index (χ3n) is 3.22. The summed E-state index contributed by atoms with van der Waals surface area (Å²) >= 11 is 0. The molecule has 1 aromatic rings. The molecule has 1 rings (SSSR count). The molecule has 0 heterocycles. The molecule has 0 aliphatic rings. The molecule has 1 aromatic carbocycles. The average molecular weight is 307 g/mol. The zero-order valence-corrected chi connectivity index (χ0v) is 13.9. The summed E-state index contributed by atoms with van der Waals surface area (Å²) in [7, 11) is 1.34. The quantitative estimate of drug-likeness (QED) is 0.725. The number of aliphatic hydroxyl groups excluding tert-OH is 1. The van der Waals surface area contributed by atoms with E-state index in [2.05, 4.69) is 35.9 Å². The van der Waals surface area contributed by atoms with Gasteiger partial charge in [-0.1, -0.05) is 50.1 Å². The third kappa shape index (κ3) is 12.4. The van der Waals surface area contributed by atoms with Crippen molar-refractivity contribution in [2.45, 2.75) is 45.6 Å². The number of carbonyl (C=O) groups is 1. The van der Waals surface area contributed by atoms with Gasteiger partial charge in [0.2, 0.25) is 0 Å². The largest absolute Gasteiger partial charge is 0.480 e. The maximum atomic E-state index is 9.70. The molecule has 3 radical (unpaired) electrons. The number of hydrogen-bond donors (Lipinski definition) is 2. The molecule has 123 valence electrons. The fourth-order valence-corrected chi connectivity index (χ4v) is 2.02. The highest BCUT2D eigenvalue weighted by Gasteiger charge is 2.14. The van der Waals surface area contributed by atoms with Gasteiger partial charge < -0.3 is 14.9 Å². The van der Waals surface area contributed by atoms with E-state index in [1.165, 1.54) is 25.5 Å². The second kappa shape index (κ2) is 14.6. The van der Waals surface area contributed by atoms with Gasteiger partial charge in [0.25, 0.3) is 0 Å². The van der Waals surface area contributed by atoms with Gasteiger partial charge in [-0.05, 0) is 31.2 Å². The lowest BCUT2D eigenvalue weighted by Crippen LogP contribution is -2.19. The van der Waals surface area contributed by atoms with Crippen molar-refractivity contribution in [3.05, 3.63) is 35.9 Å². The van der Waals surface area contributed by atoms with E-state index < -0.39 is 5.97 Å². The van der Waals surface area contributed by atoms with E-state index in [4.69, 9.17) is 5.11 Å². The Kier molecular flexibility index (Phi) is 15.2. The van der Waals surface area contributed by atoms with Crippen LogP contribution in [0.5, 0.6) is 0 Å². The number of rotatable bonds is 8. The molecule has 22 heavy (non-hydrogen) atoms. The summed E-state index contributed by atoms with van der Waals surface area (Å²) < 4.78 is 4.20. The van der Waals surface area contributed by atoms with Crippen molar-refractivity contribution in [2.24, 2.45) is 5.92 Å². The fraction of sp³-hybridized carbons (Fsp3) is 0.588. The summed E-state index contributed by atoms with van der Waals surface area (Å²) in [6.45, 7) is 3.89. The average Bonchev–Trinajstić information content (AvgIpc) is 2.44. The lowest BCUT2D eigenvalue weighted by molar-refractivity contribution is -0.141. The molecule has 0 saturated heterocycles. The SMILES string of the molecule is CCCC[C@@H](Cc1ccccc1)[C@@H](C)O.COCC(=O)O.[B]. The summed E-state index contributed by atoms with van der Waals surface area (Å²) in [5, 5.41) is 17.5. The van der Waals surface area contributed by atoms with E-state index >= 15 is 0 Å². The van der Waals surface area contributed by atoms with Gasteiger partial charge in [-0.3, -0.25) is 0 Å². The van der Waals surface area contributed by atoms with Crippen molar-refractivity contribution >= 4 is 14.4 Å². The molecule has 0 aliphatic heterocycles. The molecule has 0 saturated carbocycles. The Bertz CT molecular complexity index is 368. The molecule has 0 spiro atoms. The summed E-state index contributed by atoms with van der Waals surface area (Å²) in [4.78, 5) is 9.47. The summed E-state index contributed by atoms with van der Waals surface area (Å²) in [6.07, 6.45) is 4.35. The topological polar surface area (TPSA) is 66.8 Å². The van der Waals surface area contributed by atoms with E-state index in [-0.39, 0.29) is 21.1 Å². The summed E-state index contributed by atoms with van der Waals surface area (Å²) in [5.74, 6) is -0.523. The number of hydrogen-bond acceptors (Lipinski definition) is 3. The van der Waals surface area contributed by atoms with Gasteiger partial charge in [0.05, 0.1) is 6.10 Å². The van der Waals surface area contributed by atoms with Crippen molar-refractivity contribution < 1.29 is 19.7 Å². The highest BCUT2D eigenvalue weighted by atomic mass is 16.5. The minimum atomic E-state index is -0.933. The summed E-state index contributed by atoms with van der Waals surface area (Å²) in [6, 6.07) is 10.4. The highest BCUT2D eigenvalue weighted by molar-refractivity contribution is 5.75. The van der Waals surface area contributed by atoms with Gasteiger partial charge in [0.15, 0.2) is 0 Å². The van der Waals surface area contributed by atoms with Crippen LogP contribution in [-0.4, -0.2) is 44.4 Å². The monoisotopic (exact) mass is 307 g/mol. The second-order valence-corrected chi connectivity index (χ2v) is 5.16. The standard InChI is InChI=1S/C14H22O.C3H6O3.B/c1-3-4-10-14(12(2)15)11-13-8-6-5-7-9-13;1-6-2-3(4)5;/h5-9,12,14-15H,3-4,10-11H2,1-2H3;2H2,1H3,(H,4,5);/t12-,14+;;/m1../s1. The molecule has 2 N–H and O–H groups in total. The summed E-state index contributed by atoms with van der Waals surface area (Å²) in [5.41, 5.74) is 1.33. The molecule has 0 unspecified atom stereocenters. The van der Waals surface area contributed by atoms with E-state index in [1.807, 2.05) is 13.0 Å². The van der Waals surface area contributed by atoms with Gasteiger partial charge >= 0.3 is 5.97 Å². The lowest BCUT2D eigenvalue weighted by Gasteiger charge is -2.19. The number of carboxylic acid groups (broad SMARTS) is 1. The molecule has 4 nitrogen and oxygen atoms in total. The number of aliphatic hydroxyl groups is 1. The predicted molar refractivity (Wildman–Crippen MR) is 90.1 cm³/mol. The Labute approximate surface area is 136 Å². The first-order valence-corrected chi connectivity index (χ1v) is 7.43. The van der Waals surface area contributed by atoms with Crippen molar-refractivity contribution in [1.82, 2.24) is 0 Å². The van der Waals surface area contributed by atoms with Crippen LogP contribution in [0.3, 0.4) is 0 Å². The molecule has 0 bridgehead atoms. The van der Waals surface area contributed by atoms with Crippen LogP contribution in [0.2, 0.25) is 0 Å². The Hall–Kier alpha value is -1.33. The van der Waals surface area contributed by atoms with Crippen LogP contribution >= 0.6 is 0 Å². The Balaban J connectivity index is 0. The van der Waals surface area contributed by atoms with Crippen LogP contribution < -0.4 is 0 Å². The lowest BCUT2D eigenvalue weighted by atomic mass is 9.90. The van der Waals surface area contributed by atoms with Crippen LogP contribution in [0.1, 0.15) is 38.7 Å². The zero-order chi connectivity index (χ0) is 16.1. The van der Waals surface area contributed by atoms with Gasteiger partial charge in [-0.15, -0.1) is 0 Å². The van der Waals surface area contributed by atoms with Gasteiger partial charge in [0, 0.05) is 15.5 Å². The maximum absolute atomic E-state index is 9.70. The molecule has 0 fully saturated rings. The molecule has 0 amide bonds. The highest BCUT2D eigenvalue weighted by Crippen LogP contribution is 2.18. The number of unbranched alkanes of at least 4 members (excludes halogenated alkanes) is 1. The van der Waals surface area contributed by atoms with Crippen molar-refractivity contribution in [3.8, 4) is 0 Å². The maximum Gasteiger partial charge on any atom is 0.329 e. The van der Waals surface area contributed by atoms with Crippen LogP contribution in [0.25, 0.3) is 0 Å². The molecular weight excluding hydrogens is 279 g/mol. The van der Waals surface area contributed by atoms with Crippen LogP contribution in [0.15, 0.2) is 30.3 Å². The molecule has 0 aliphatic carbocycles. The van der Waals surface area contributed by atoms with E-state index in [0.717, 1.165) is 12.8 Å². The smallest absolute Gasteiger partial charge is 0.329 e. The number of ether oxygens (including phenoxy) is 1. The first-order chi connectivity index (χ1) is 10.0. The normalized spacial score (nSPS) is 12.4. The first-order valence-electron chi connectivity index (χ1n) is 7.43. The minimum Gasteiger partial charge on any atom is -0.480 e. The van der Waals surface area contributed by atoms with Crippen LogP contribution in [-0.2, 0) is 16.0 Å². The van der Waals surface area contributed by atoms with Gasteiger partial charge in [-0.25, -0.2) is 4.79 Å². The fourth-order valence-electron chi connectivity index (χ4n) is 2.02. The zero-order valence-electron chi connectivity index (χ0n) is 13.9. The molecule has 5 heteroatoms. The first kappa shape index (κ1) is 22.9. The molecule has 2 atom stereocenters. The molecular formula is C17H28BO4. The van der Waals surface area contributed by atoms with Crippen molar-refractivity contribution in [1.29, 1.82) is 0 Å². The number of carboxylic acids is 1. The van der Waals surface area contributed by atoms with Gasteiger partial charge in [-0.2, -0.15) is 0 Å². The van der Waals surface area contributed by atoms with E-state index in [0.29, 0.717) is 5.92 Å². The second-order valence-electron chi connectivity index (χ2n) is 5.16. The van der Waals surface area contributed by atoms with Gasteiger partial charge in [0.1, 0.15) is 6.61 Å². The van der Waals surface area contributed by atoms with Crippen molar-refractivity contribution in [3.63, 3.8) is 0 Å². The minimum absolute atomic E-state index is 0. The van der Waals surface area contributed by atoms with E-state index in [1.54, 1.807) is 0 Å². The van der Waals surface area contributed by atoms with Crippen LogP contribution in [0, 0.1) is 5.92 Å². The number of methoxy groups -OCH3 is 1.